The number of Topliss-reactive ketones (excluding diaryl/α,β-unsaturated/α-hetero) is 1. The standard InChI is InChI=1S/C21H21NO5/c1-11-3-4-12(2)15(7-11)16(23)10-27-17(24)9-22-20(25)18-13-5-6-14(8-13)19(18)21(22)26/h3-7,13-14,18-19H,8-10H2,1-2H3/t13-,14+,18+,19-. The molecule has 1 saturated carbocycles. The highest BCUT2D eigenvalue weighted by Crippen LogP contribution is 2.52. The van der Waals surface area contributed by atoms with Gasteiger partial charge in [-0.25, -0.2) is 0 Å². The molecule has 0 N–H and O–H groups in total. The molecule has 2 amide bonds. The fourth-order valence-electron chi connectivity index (χ4n) is 4.55. The van der Waals surface area contributed by atoms with E-state index in [1.54, 1.807) is 6.07 Å². The van der Waals surface area contributed by atoms with Gasteiger partial charge in [-0.3, -0.25) is 24.1 Å². The molecule has 2 fully saturated rings. The zero-order valence-electron chi connectivity index (χ0n) is 15.3. The molecule has 0 aromatic heterocycles. The third-order valence-corrected chi connectivity index (χ3v) is 5.91. The minimum atomic E-state index is -0.740. The van der Waals surface area contributed by atoms with Crippen LogP contribution in [0.3, 0.4) is 0 Å². The number of rotatable bonds is 5. The molecule has 6 nitrogen and oxygen atoms in total. The third-order valence-electron chi connectivity index (χ3n) is 5.91. The lowest BCUT2D eigenvalue weighted by Crippen LogP contribution is -2.38. The van der Waals surface area contributed by atoms with E-state index in [-0.39, 0.29) is 41.3 Å². The first kappa shape index (κ1) is 17.6. The van der Waals surface area contributed by atoms with Gasteiger partial charge in [-0.2, -0.15) is 0 Å². The predicted molar refractivity (Wildman–Crippen MR) is 95.6 cm³/mol. The molecule has 6 heteroatoms. The first-order valence-corrected chi connectivity index (χ1v) is 9.16. The Morgan fingerprint density at radius 2 is 1.70 bits per heavy atom. The van der Waals surface area contributed by atoms with E-state index in [0.717, 1.165) is 22.4 Å². The number of allylic oxidation sites excluding steroid dienone is 2. The molecular weight excluding hydrogens is 346 g/mol. The summed E-state index contributed by atoms with van der Waals surface area (Å²) in [5.74, 6) is -2.10. The Hall–Kier alpha value is -2.76. The van der Waals surface area contributed by atoms with Crippen LogP contribution in [0.2, 0.25) is 0 Å². The van der Waals surface area contributed by atoms with E-state index >= 15 is 0 Å². The summed E-state index contributed by atoms with van der Waals surface area (Å²) in [7, 11) is 0. The van der Waals surface area contributed by atoms with Crippen LogP contribution in [0.4, 0.5) is 0 Å². The minimum Gasteiger partial charge on any atom is -0.456 e. The SMILES string of the molecule is Cc1ccc(C)c(C(=O)COC(=O)CN2C(=O)[C@@H]3[C@H](C2=O)[C@H]2C=C[C@@H]3C2)c1. The number of esters is 1. The molecule has 1 saturated heterocycles. The second-order valence-electron chi connectivity index (χ2n) is 7.66. The molecule has 1 aromatic rings. The number of hydrogen-bond acceptors (Lipinski definition) is 5. The summed E-state index contributed by atoms with van der Waals surface area (Å²) in [6.07, 6.45) is 4.85. The molecule has 0 unspecified atom stereocenters. The van der Waals surface area contributed by atoms with Gasteiger partial charge in [0.05, 0.1) is 11.8 Å². The molecule has 0 spiro atoms. The maximum atomic E-state index is 12.6. The summed E-state index contributed by atoms with van der Waals surface area (Å²) in [6, 6.07) is 5.50. The monoisotopic (exact) mass is 367 g/mol. The number of nitrogens with zero attached hydrogens (tertiary/aromatic N) is 1. The van der Waals surface area contributed by atoms with Gasteiger partial charge < -0.3 is 4.74 Å². The lowest BCUT2D eigenvalue weighted by Gasteiger charge is -2.16. The van der Waals surface area contributed by atoms with Crippen LogP contribution < -0.4 is 0 Å². The van der Waals surface area contributed by atoms with Crippen LogP contribution in [-0.2, 0) is 19.1 Å². The number of amides is 2. The van der Waals surface area contributed by atoms with E-state index in [4.69, 9.17) is 4.74 Å². The Kier molecular flexibility index (Phi) is 4.21. The van der Waals surface area contributed by atoms with Crippen molar-refractivity contribution in [1.29, 1.82) is 0 Å². The van der Waals surface area contributed by atoms with Crippen LogP contribution in [0.1, 0.15) is 27.9 Å². The van der Waals surface area contributed by atoms with Gasteiger partial charge in [-0.15, -0.1) is 0 Å². The van der Waals surface area contributed by atoms with Crippen LogP contribution >= 0.6 is 0 Å². The number of aryl methyl sites for hydroxylation is 2. The molecule has 140 valence electrons. The van der Waals surface area contributed by atoms with Gasteiger partial charge in [0.2, 0.25) is 17.6 Å². The molecular formula is C21H21NO5. The van der Waals surface area contributed by atoms with Gasteiger partial charge in [0.25, 0.3) is 0 Å². The summed E-state index contributed by atoms with van der Waals surface area (Å²) in [4.78, 5) is 50.6. The fourth-order valence-corrected chi connectivity index (χ4v) is 4.55. The Bertz CT molecular complexity index is 857. The van der Waals surface area contributed by atoms with Crippen molar-refractivity contribution in [2.75, 3.05) is 13.2 Å². The van der Waals surface area contributed by atoms with E-state index in [0.29, 0.717) is 5.56 Å². The average Bonchev–Trinajstić information content (AvgIpc) is 3.31. The molecule has 27 heavy (non-hydrogen) atoms. The van der Waals surface area contributed by atoms with E-state index in [2.05, 4.69) is 0 Å². The Morgan fingerprint density at radius 1 is 1.07 bits per heavy atom. The normalized spacial score (nSPS) is 28.0. The number of ether oxygens (including phenoxy) is 1. The molecule has 2 aliphatic carbocycles. The molecule has 0 radical (unpaired) electrons. The molecule has 4 rings (SSSR count). The van der Waals surface area contributed by atoms with Crippen molar-refractivity contribution in [3.8, 4) is 0 Å². The van der Waals surface area contributed by atoms with Gasteiger partial charge in [0, 0.05) is 5.56 Å². The molecule has 3 aliphatic rings. The van der Waals surface area contributed by atoms with Gasteiger partial charge in [0.1, 0.15) is 6.54 Å². The molecule has 1 aromatic carbocycles. The number of carbonyl (C=O) groups is 4. The highest BCUT2D eigenvalue weighted by molar-refractivity contribution is 6.08. The minimum absolute atomic E-state index is 0.100. The number of imide groups is 1. The fraction of sp³-hybridized carbons (Fsp3) is 0.429. The molecule has 1 aliphatic heterocycles. The summed E-state index contributed by atoms with van der Waals surface area (Å²) in [6.45, 7) is 2.87. The molecule has 1 heterocycles. The number of likely N-dealkylation sites (tertiary alicyclic amines) is 1. The maximum absolute atomic E-state index is 12.6. The molecule has 2 bridgehead atoms. The van der Waals surface area contributed by atoms with E-state index in [1.165, 1.54) is 0 Å². The van der Waals surface area contributed by atoms with Gasteiger partial charge in [-0.1, -0.05) is 29.8 Å². The maximum Gasteiger partial charge on any atom is 0.326 e. The summed E-state index contributed by atoms with van der Waals surface area (Å²) >= 11 is 0. The van der Waals surface area contributed by atoms with Crippen LogP contribution in [0, 0.1) is 37.5 Å². The Morgan fingerprint density at radius 3 is 2.33 bits per heavy atom. The third kappa shape index (κ3) is 2.89. The van der Waals surface area contributed by atoms with Crippen molar-refractivity contribution >= 4 is 23.6 Å². The zero-order chi connectivity index (χ0) is 19.3. The second-order valence-corrected chi connectivity index (χ2v) is 7.66. The zero-order valence-corrected chi connectivity index (χ0v) is 15.3. The van der Waals surface area contributed by atoms with E-state index in [1.807, 2.05) is 38.1 Å². The Balaban J connectivity index is 1.36. The van der Waals surface area contributed by atoms with Gasteiger partial charge in [0.15, 0.2) is 6.61 Å². The quantitative estimate of drug-likeness (QED) is 0.343. The van der Waals surface area contributed by atoms with Crippen LogP contribution in [0.25, 0.3) is 0 Å². The van der Waals surface area contributed by atoms with Crippen molar-refractivity contribution in [2.45, 2.75) is 20.3 Å². The lowest BCUT2D eigenvalue weighted by atomic mass is 9.85. The Labute approximate surface area is 157 Å². The number of ketones is 1. The van der Waals surface area contributed by atoms with E-state index in [9.17, 15) is 19.2 Å². The molecule has 4 atom stereocenters. The lowest BCUT2D eigenvalue weighted by molar-refractivity contribution is -0.152. The summed E-state index contributed by atoms with van der Waals surface area (Å²) in [5.41, 5.74) is 2.26. The van der Waals surface area contributed by atoms with Crippen molar-refractivity contribution in [2.24, 2.45) is 23.7 Å². The largest absolute Gasteiger partial charge is 0.456 e. The van der Waals surface area contributed by atoms with Crippen LogP contribution in [0.5, 0.6) is 0 Å². The number of hydrogen-bond donors (Lipinski definition) is 0. The predicted octanol–water partition coefficient (Wildman–Crippen LogP) is 1.84. The average molecular weight is 367 g/mol. The van der Waals surface area contributed by atoms with Gasteiger partial charge in [-0.05, 0) is 43.7 Å². The highest BCUT2D eigenvalue weighted by atomic mass is 16.5. The first-order chi connectivity index (χ1) is 12.9. The second kappa shape index (κ2) is 6.44. The summed E-state index contributed by atoms with van der Waals surface area (Å²) in [5, 5.41) is 0. The van der Waals surface area contributed by atoms with Crippen molar-refractivity contribution in [3.05, 3.63) is 47.0 Å². The van der Waals surface area contributed by atoms with Crippen LogP contribution in [-0.4, -0.2) is 41.6 Å². The number of benzene rings is 1. The summed E-state index contributed by atoms with van der Waals surface area (Å²) < 4.78 is 5.05. The van der Waals surface area contributed by atoms with E-state index < -0.39 is 19.1 Å². The van der Waals surface area contributed by atoms with Crippen molar-refractivity contribution in [3.63, 3.8) is 0 Å². The number of fused-ring (bicyclic) bond motifs is 5. The highest BCUT2D eigenvalue weighted by Gasteiger charge is 2.59. The topological polar surface area (TPSA) is 80.8 Å². The van der Waals surface area contributed by atoms with Crippen LogP contribution in [0.15, 0.2) is 30.4 Å². The van der Waals surface area contributed by atoms with Gasteiger partial charge >= 0.3 is 5.97 Å². The smallest absolute Gasteiger partial charge is 0.326 e. The van der Waals surface area contributed by atoms with Crippen molar-refractivity contribution in [1.82, 2.24) is 4.90 Å². The number of carbonyl (C=O) groups excluding carboxylic acids is 4. The first-order valence-electron chi connectivity index (χ1n) is 9.16. The van der Waals surface area contributed by atoms with Crippen molar-refractivity contribution < 1.29 is 23.9 Å².